The lowest BCUT2D eigenvalue weighted by Gasteiger charge is -2.34. The van der Waals surface area contributed by atoms with E-state index >= 15 is 0 Å². The molecule has 0 spiro atoms. The van der Waals surface area contributed by atoms with Crippen molar-refractivity contribution in [3.05, 3.63) is 35.6 Å². The van der Waals surface area contributed by atoms with Gasteiger partial charge in [0.15, 0.2) is 16.4 Å². The van der Waals surface area contributed by atoms with E-state index < -0.39 is 33.6 Å². The van der Waals surface area contributed by atoms with Crippen LogP contribution in [0.3, 0.4) is 0 Å². The average molecular weight is 452 g/mol. The molecule has 3 fully saturated rings. The SMILES string of the molecule is O=C(COC(=O)C1(c2cccc(F)c2)CCCC1)N(C1CCCC1)C1CCS(=O)(=O)C1. The Labute approximate surface area is 183 Å². The average Bonchev–Trinajstić information content (AvgIpc) is 3.48. The number of nitrogens with zero attached hydrogens (tertiary/aromatic N) is 1. The monoisotopic (exact) mass is 451 g/mol. The van der Waals surface area contributed by atoms with Crippen LogP contribution >= 0.6 is 0 Å². The summed E-state index contributed by atoms with van der Waals surface area (Å²) in [6.45, 7) is -0.400. The second-order valence-corrected chi connectivity index (χ2v) is 11.4. The summed E-state index contributed by atoms with van der Waals surface area (Å²) < 4.78 is 43.3. The van der Waals surface area contributed by atoms with E-state index in [1.54, 1.807) is 17.0 Å². The molecular formula is C23H30FNO5S. The fourth-order valence-electron chi connectivity index (χ4n) is 5.60. The minimum absolute atomic E-state index is 0.00756. The zero-order valence-electron chi connectivity index (χ0n) is 17.7. The van der Waals surface area contributed by atoms with Crippen LogP contribution < -0.4 is 0 Å². The molecule has 4 rings (SSSR count). The van der Waals surface area contributed by atoms with Crippen LogP contribution in [0.15, 0.2) is 24.3 Å². The lowest BCUT2D eigenvalue weighted by atomic mass is 9.79. The van der Waals surface area contributed by atoms with Crippen LogP contribution in [-0.2, 0) is 29.6 Å². The quantitative estimate of drug-likeness (QED) is 0.621. The minimum Gasteiger partial charge on any atom is -0.455 e. The van der Waals surface area contributed by atoms with Crippen molar-refractivity contribution in [3.63, 3.8) is 0 Å². The van der Waals surface area contributed by atoms with E-state index in [9.17, 15) is 22.4 Å². The maximum atomic E-state index is 13.8. The van der Waals surface area contributed by atoms with Crippen molar-refractivity contribution < 1.29 is 27.1 Å². The zero-order valence-corrected chi connectivity index (χ0v) is 18.5. The van der Waals surface area contributed by atoms with Gasteiger partial charge in [0.25, 0.3) is 5.91 Å². The Morgan fingerprint density at radius 3 is 2.39 bits per heavy atom. The highest BCUT2D eigenvalue weighted by Gasteiger charge is 2.45. The molecule has 0 bridgehead atoms. The standard InChI is InChI=1S/C23H30FNO5S/c24-18-7-5-6-17(14-18)23(11-3-4-12-23)22(27)30-15-21(26)25(19-8-1-2-9-19)20-10-13-31(28,29)16-20/h5-7,14,19-20H,1-4,8-13,15-16H2. The summed E-state index contributed by atoms with van der Waals surface area (Å²) in [4.78, 5) is 28.0. The van der Waals surface area contributed by atoms with Crippen molar-refractivity contribution in [2.24, 2.45) is 0 Å². The van der Waals surface area contributed by atoms with E-state index in [1.807, 2.05) is 0 Å². The maximum absolute atomic E-state index is 13.8. The molecule has 8 heteroatoms. The van der Waals surface area contributed by atoms with Crippen LogP contribution in [0.1, 0.15) is 63.4 Å². The van der Waals surface area contributed by atoms with Crippen LogP contribution in [-0.4, -0.2) is 55.4 Å². The lowest BCUT2D eigenvalue weighted by molar-refractivity contribution is -0.158. The van der Waals surface area contributed by atoms with Gasteiger partial charge in [-0.25, -0.2) is 12.8 Å². The van der Waals surface area contributed by atoms with Gasteiger partial charge < -0.3 is 9.64 Å². The molecule has 1 unspecified atom stereocenters. The lowest BCUT2D eigenvalue weighted by Crippen LogP contribution is -2.49. The van der Waals surface area contributed by atoms with Gasteiger partial charge in [0.1, 0.15) is 5.82 Å². The minimum atomic E-state index is -3.13. The number of rotatable bonds is 6. The van der Waals surface area contributed by atoms with Crippen molar-refractivity contribution in [1.82, 2.24) is 4.90 Å². The molecule has 2 saturated carbocycles. The number of benzene rings is 1. The Balaban J connectivity index is 1.48. The summed E-state index contributed by atoms with van der Waals surface area (Å²) in [6.07, 6.45) is 6.97. The number of amides is 1. The highest BCUT2D eigenvalue weighted by molar-refractivity contribution is 7.91. The van der Waals surface area contributed by atoms with Gasteiger partial charge in [0, 0.05) is 12.1 Å². The summed E-state index contributed by atoms with van der Waals surface area (Å²) in [5.74, 6) is -1.14. The molecule has 1 amide bonds. The summed E-state index contributed by atoms with van der Waals surface area (Å²) in [5.41, 5.74) is -0.325. The van der Waals surface area contributed by atoms with Gasteiger partial charge in [-0.3, -0.25) is 9.59 Å². The summed E-state index contributed by atoms with van der Waals surface area (Å²) in [6, 6.07) is 5.71. The number of carbonyl (C=O) groups excluding carboxylic acids is 2. The second kappa shape index (κ2) is 8.88. The third kappa shape index (κ3) is 4.64. The van der Waals surface area contributed by atoms with E-state index in [-0.39, 0.29) is 29.5 Å². The second-order valence-electron chi connectivity index (χ2n) is 9.17. The molecule has 2 aliphatic carbocycles. The van der Waals surface area contributed by atoms with Crippen molar-refractivity contribution in [1.29, 1.82) is 0 Å². The van der Waals surface area contributed by atoms with E-state index in [1.165, 1.54) is 12.1 Å². The van der Waals surface area contributed by atoms with Crippen molar-refractivity contribution in [2.75, 3.05) is 18.1 Å². The first-order valence-corrected chi connectivity index (χ1v) is 13.1. The van der Waals surface area contributed by atoms with E-state index in [0.29, 0.717) is 24.8 Å². The normalized spacial score (nSPS) is 24.9. The van der Waals surface area contributed by atoms with Gasteiger partial charge >= 0.3 is 5.97 Å². The Bertz CT molecular complexity index is 935. The molecule has 6 nitrogen and oxygen atoms in total. The van der Waals surface area contributed by atoms with Crippen LogP contribution in [0, 0.1) is 5.82 Å². The van der Waals surface area contributed by atoms with E-state index in [2.05, 4.69) is 0 Å². The molecule has 0 N–H and O–H groups in total. The van der Waals surface area contributed by atoms with Gasteiger partial charge in [-0.15, -0.1) is 0 Å². The smallest absolute Gasteiger partial charge is 0.317 e. The van der Waals surface area contributed by atoms with Gasteiger partial charge in [-0.05, 0) is 49.8 Å². The fraction of sp³-hybridized carbons (Fsp3) is 0.652. The Kier molecular flexibility index (Phi) is 6.37. The first kappa shape index (κ1) is 22.2. The van der Waals surface area contributed by atoms with Gasteiger partial charge in [-0.2, -0.15) is 0 Å². The zero-order chi connectivity index (χ0) is 22.1. The molecule has 1 heterocycles. The van der Waals surface area contributed by atoms with Crippen molar-refractivity contribution >= 4 is 21.7 Å². The Morgan fingerprint density at radius 2 is 1.77 bits per heavy atom. The number of ether oxygens (including phenoxy) is 1. The van der Waals surface area contributed by atoms with Gasteiger partial charge in [0.2, 0.25) is 0 Å². The van der Waals surface area contributed by atoms with Crippen LogP contribution in [0.25, 0.3) is 0 Å². The van der Waals surface area contributed by atoms with E-state index in [0.717, 1.165) is 38.5 Å². The van der Waals surface area contributed by atoms with E-state index in [4.69, 9.17) is 4.74 Å². The summed E-state index contributed by atoms with van der Waals surface area (Å²) in [5, 5.41) is 0. The summed E-state index contributed by atoms with van der Waals surface area (Å²) >= 11 is 0. The summed E-state index contributed by atoms with van der Waals surface area (Å²) in [7, 11) is -3.13. The molecule has 1 atom stereocenters. The number of esters is 1. The largest absolute Gasteiger partial charge is 0.455 e. The molecule has 1 aromatic rings. The molecule has 0 radical (unpaired) electrons. The molecule has 0 aromatic heterocycles. The molecule has 1 saturated heterocycles. The third-order valence-electron chi connectivity index (χ3n) is 7.16. The Morgan fingerprint density at radius 1 is 1.06 bits per heavy atom. The number of carbonyl (C=O) groups is 2. The van der Waals surface area contributed by atoms with Crippen molar-refractivity contribution in [2.45, 2.75) is 75.3 Å². The highest BCUT2D eigenvalue weighted by atomic mass is 32.2. The third-order valence-corrected chi connectivity index (χ3v) is 8.91. The highest BCUT2D eigenvalue weighted by Crippen LogP contribution is 2.42. The predicted octanol–water partition coefficient (Wildman–Crippen LogP) is 3.14. The molecule has 1 aliphatic heterocycles. The fourth-order valence-corrected chi connectivity index (χ4v) is 7.31. The van der Waals surface area contributed by atoms with Crippen molar-refractivity contribution in [3.8, 4) is 0 Å². The number of hydrogen-bond donors (Lipinski definition) is 0. The Hall–Kier alpha value is -1.96. The molecule has 3 aliphatic rings. The van der Waals surface area contributed by atoms with Crippen LogP contribution in [0.2, 0.25) is 0 Å². The van der Waals surface area contributed by atoms with Gasteiger partial charge in [-0.1, -0.05) is 37.8 Å². The maximum Gasteiger partial charge on any atom is 0.317 e. The number of hydrogen-bond acceptors (Lipinski definition) is 5. The molecule has 31 heavy (non-hydrogen) atoms. The molecular weight excluding hydrogens is 421 g/mol. The van der Waals surface area contributed by atoms with Crippen LogP contribution in [0.4, 0.5) is 4.39 Å². The first-order chi connectivity index (χ1) is 14.8. The molecule has 1 aromatic carbocycles. The first-order valence-electron chi connectivity index (χ1n) is 11.3. The number of sulfone groups is 1. The topological polar surface area (TPSA) is 80.8 Å². The number of halogens is 1. The molecule has 170 valence electrons. The predicted molar refractivity (Wildman–Crippen MR) is 114 cm³/mol. The van der Waals surface area contributed by atoms with Gasteiger partial charge in [0.05, 0.1) is 16.9 Å². The van der Waals surface area contributed by atoms with Crippen LogP contribution in [0.5, 0.6) is 0 Å².